The maximum absolute atomic E-state index is 13.1. The largest absolute Gasteiger partial charge is 0.437 e. The van der Waals surface area contributed by atoms with Crippen LogP contribution >= 0.6 is 38.9 Å². The molecule has 7 heteroatoms. The van der Waals surface area contributed by atoms with Crippen molar-refractivity contribution in [3.8, 4) is 11.6 Å². The molecule has 0 aliphatic heterocycles. The third-order valence-electron chi connectivity index (χ3n) is 2.83. The maximum Gasteiger partial charge on any atom is 0.232 e. The second kappa shape index (κ2) is 5.87. The zero-order chi connectivity index (χ0) is 15.0. The Morgan fingerprint density at radius 2 is 2.14 bits per heavy atom. The molecular formula is C14H9BrClFN2OS. The molecule has 0 radical (unpaired) electrons. The van der Waals surface area contributed by atoms with Crippen molar-refractivity contribution in [3.05, 3.63) is 44.7 Å². The molecule has 0 saturated carbocycles. The molecular weight excluding hydrogens is 379 g/mol. The summed E-state index contributed by atoms with van der Waals surface area (Å²) in [6.07, 6.45) is 0.901. The van der Waals surface area contributed by atoms with Gasteiger partial charge in [0, 0.05) is 4.88 Å². The average Bonchev–Trinajstić information content (AvgIpc) is 2.85. The molecule has 0 atom stereocenters. The van der Waals surface area contributed by atoms with Gasteiger partial charge in [-0.2, -0.15) is 4.98 Å². The Bertz CT molecular complexity index is 824. The van der Waals surface area contributed by atoms with E-state index in [1.165, 1.54) is 23.1 Å². The van der Waals surface area contributed by atoms with Gasteiger partial charge in [-0.25, -0.2) is 9.37 Å². The lowest BCUT2D eigenvalue weighted by Gasteiger charge is -2.07. The van der Waals surface area contributed by atoms with Gasteiger partial charge in [0.05, 0.1) is 9.86 Å². The van der Waals surface area contributed by atoms with Crippen LogP contribution in [0, 0.1) is 5.82 Å². The van der Waals surface area contributed by atoms with Gasteiger partial charge in [-0.3, -0.25) is 0 Å². The quantitative estimate of drug-likeness (QED) is 0.549. The highest BCUT2D eigenvalue weighted by molar-refractivity contribution is 9.10. The van der Waals surface area contributed by atoms with Gasteiger partial charge >= 0.3 is 0 Å². The highest BCUT2D eigenvalue weighted by Gasteiger charge is 2.14. The third-order valence-corrected chi connectivity index (χ3v) is 4.79. The van der Waals surface area contributed by atoms with E-state index in [-0.39, 0.29) is 11.1 Å². The molecule has 2 aromatic heterocycles. The molecule has 0 spiro atoms. The van der Waals surface area contributed by atoms with Gasteiger partial charge in [-0.15, -0.1) is 11.3 Å². The van der Waals surface area contributed by atoms with E-state index in [9.17, 15) is 4.39 Å². The summed E-state index contributed by atoms with van der Waals surface area (Å²) in [7, 11) is 0. The van der Waals surface area contributed by atoms with Crippen molar-refractivity contribution in [1.82, 2.24) is 9.97 Å². The molecule has 0 unspecified atom stereocenters. The van der Waals surface area contributed by atoms with E-state index in [1.807, 2.05) is 6.07 Å². The molecule has 3 rings (SSSR count). The normalized spacial score (nSPS) is 11.0. The first-order valence-corrected chi connectivity index (χ1v) is 8.14. The number of aryl methyl sites for hydroxylation is 1. The molecule has 2 heterocycles. The number of hydrogen-bond donors (Lipinski definition) is 0. The monoisotopic (exact) mass is 386 g/mol. The fraction of sp³-hybridized carbons (Fsp3) is 0.143. The van der Waals surface area contributed by atoms with Crippen LogP contribution in [0.5, 0.6) is 11.6 Å². The van der Waals surface area contributed by atoms with Crippen LogP contribution in [-0.4, -0.2) is 9.97 Å². The summed E-state index contributed by atoms with van der Waals surface area (Å²) in [6.45, 7) is 2.07. The number of fused-ring (bicyclic) bond motifs is 1. The molecule has 3 nitrogen and oxygen atoms in total. The Kier molecular flexibility index (Phi) is 4.10. The van der Waals surface area contributed by atoms with Gasteiger partial charge in [-0.1, -0.05) is 6.92 Å². The van der Waals surface area contributed by atoms with Crippen LogP contribution in [0.25, 0.3) is 10.2 Å². The van der Waals surface area contributed by atoms with E-state index in [0.717, 1.165) is 16.6 Å². The van der Waals surface area contributed by atoms with Crippen LogP contribution in [-0.2, 0) is 6.42 Å². The zero-order valence-corrected chi connectivity index (χ0v) is 14.0. The average molecular weight is 388 g/mol. The van der Waals surface area contributed by atoms with Crippen LogP contribution in [0.1, 0.15) is 11.8 Å². The van der Waals surface area contributed by atoms with Gasteiger partial charge in [0.1, 0.15) is 16.4 Å². The summed E-state index contributed by atoms with van der Waals surface area (Å²) < 4.78 is 19.4. The van der Waals surface area contributed by atoms with E-state index in [4.69, 9.17) is 16.3 Å². The molecule has 0 fully saturated rings. The molecule has 0 aliphatic rings. The van der Waals surface area contributed by atoms with E-state index in [2.05, 4.69) is 32.8 Å². The van der Waals surface area contributed by atoms with Crippen LogP contribution in [0.15, 0.2) is 28.7 Å². The Balaban J connectivity index is 2.08. The Labute approximate surface area is 137 Å². The predicted octanol–water partition coefficient (Wildman–Crippen LogP) is 5.60. The molecule has 1 aromatic carbocycles. The Hall–Kier alpha value is -1.24. The van der Waals surface area contributed by atoms with Crippen LogP contribution in [0.3, 0.4) is 0 Å². The second-order valence-corrected chi connectivity index (χ2v) is 6.57. The van der Waals surface area contributed by atoms with Gasteiger partial charge < -0.3 is 4.74 Å². The predicted molar refractivity (Wildman–Crippen MR) is 86.0 cm³/mol. The fourth-order valence-electron chi connectivity index (χ4n) is 1.83. The van der Waals surface area contributed by atoms with E-state index >= 15 is 0 Å². The van der Waals surface area contributed by atoms with E-state index in [1.54, 1.807) is 11.3 Å². The standard InChI is InChI=1S/C14H9BrClFN2OS/c1-2-8-6-9-12(18-14(16)19-13(9)21-8)20-11-4-3-7(17)5-10(11)15/h3-6H,2H2,1H3. The van der Waals surface area contributed by atoms with Gasteiger partial charge in [0.25, 0.3) is 0 Å². The smallest absolute Gasteiger partial charge is 0.232 e. The molecule has 3 aromatic rings. The number of ether oxygens (including phenoxy) is 1. The topological polar surface area (TPSA) is 35.0 Å². The van der Waals surface area contributed by atoms with Crippen LogP contribution in [0.4, 0.5) is 4.39 Å². The summed E-state index contributed by atoms with van der Waals surface area (Å²) in [5, 5.41) is 0.928. The van der Waals surface area contributed by atoms with Crippen LogP contribution < -0.4 is 4.74 Å². The lowest BCUT2D eigenvalue weighted by Crippen LogP contribution is -1.92. The van der Waals surface area contributed by atoms with Crippen molar-refractivity contribution in [2.24, 2.45) is 0 Å². The van der Waals surface area contributed by atoms with Crippen molar-refractivity contribution >= 4 is 49.1 Å². The van der Waals surface area contributed by atoms with Crippen molar-refractivity contribution in [1.29, 1.82) is 0 Å². The summed E-state index contributed by atoms with van der Waals surface area (Å²) in [4.78, 5) is 10.3. The van der Waals surface area contributed by atoms with E-state index in [0.29, 0.717) is 16.1 Å². The molecule has 0 saturated heterocycles. The summed E-state index contributed by atoms with van der Waals surface area (Å²) in [6, 6.07) is 6.18. The molecule has 21 heavy (non-hydrogen) atoms. The van der Waals surface area contributed by atoms with Crippen molar-refractivity contribution < 1.29 is 9.13 Å². The van der Waals surface area contributed by atoms with Gasteiger partial charge in [0.15, 0.2) is 0 Å². The maximum atomic E-state index is 13.1. The SMILES string of the molecule is CCc1cc2c(Oc3ccc(F)cc3Br)nc(Cl)nc2s1. The van der Waals surface area contributed by atoms with Crippen molar-refractivity contribution in [3.63, 3.8) is 0 Å². The first-order chi connectivity index (χ1) is 10.1. The first-order valence-electron chi connectivity index (χ1n) is 6.15. The molecule has 0 amide bonds. The number of nitrogens with zero attached hydrogens (tertiary/aromatic N) is 2. The number of aromatic nitrogens is 2. The number of halogens is 3. The summed E-state index contributed by atoms with van der Waals surface area (Å²) in [5.41, 5.74) is 0. The minimum absolute atomic E-state index is 0.125. The first kappa shape index (κ1) is 14.7. The lowest BCUT2D eigenvalue weighted by atomic mass is 10.3. The highest BCUT2D eigenvalue weighted by atomic mass is 79.9. The Morgan fingerprint density at radius 1 is 1.33 bits per heavy atom. The summed E-state index contributed by atoms with van der Waals surface area (Å²) >= 11 is 10.8. The fourth-order valence-corrected chi connectivity index (χ4v) is 3.44. The number of rotatable bonds is 3. The van der Waals surface area contributed by atoms with Gasteiger partial charge in [0.2, 0.25) is 11.2 Å². The minimum Gasteiger partial charge on any atom is -0.437 e. The minimum atomic E-state index is -0.344. The van der Waals surface area contributed by atoms with Crippen molar-refractivity contribution in [2.75, 3.05) is 0 Å². The Morgan fingerprint density at radius 3 is 2.86 bits per heavy atom. The third kappa shape index (κ3) is 3.02. The second-order valence-electron chi connectivity index (χ2n) is 4.26. The summed E-state index contributed by atoms with van der Waals surface area (Å²) in [5.74, 6) is 0.494. The van der Waals surface area contributed by atoms with Crippen LogP contribution in [0.2, 0.25) is 5.28 Å². The zero-order valence-electron chi connectivity index (χ0n) is 10.9. The van der Waals surface area contributed by atoms with Gasteiger partial charge in [-0.05, 0) is 58.2 Å². The van der Waals surface area contributed by atoms with E-state index < -0.39 is 0 Å². The molecule has 0 N–H and O–H groups in total. The molecule has 0 aliphatic carbocycles. The highest BCUT2D eigenvalue weighted by Crippen LogP contribution is 2.36. The number of thiophene rings is 1. The lowest BCUT2D eigenvalue weighted by molar-refractivity contribution is 0.463. The van der Waals surface area contributed by atoms with Crippen molar-refractivity contribution in [2.45, 2.75) is 13.3 Å². The number of benzene rings is 1. The molecule has 108 valence electrons. The number of hydrogen-bond acceptors (Lipinski definition) is 4. The molecule has 0 bridgehead atoms.